The number of nitrogens with one attached hydrogen (secondary N) is 2. The van der Waals surface area contributed by atoms with Crippen LogP contribution in [0.5, 0.6) is 5.75 Å². The molecular weight excluding hydrogens is 371 g/mol. The predicted molar refractivity (Wildman–Crippen MR) is 99.9 cm³/mol. The van der Waals surface area contributed by atoms with Crippen molar-refractivity contribution in [1.82, 2.24) is 4.98 Å². The van der Waals surface area contributed by atoms with Gasteiger partial charge in [0.05, 0.1) is 24.6 Å². The molecule has 0 bridgehead atoms. The summed E-state index contributed by atoms with van der Waals surface area (Å²) in [4.78, 5) is 16.3. The monoisotopic (exact) mass is 387 g/mol. The van der Waals surface area contributed by atoms with E-state index in [1.165, 1.54) is 24.4 Å². The van der Waals surface area contributed by atoms with Crippen LogP contribution in [0.25, 0.3) is 0 Å². The lowest BCUT2D eigenvalue weighted by atomic mass is 10.2. The highest BCUT2D eigenvalue weighted by Crippen LogP contribution is 2.31. The summed E-state index contributed by atoms with van der Waals surface area (Å²) in [6.45, 7) is 0. The van der Waals surface area contributed by atoms with Gasteiger partial charge in [-0.2, -0.15) is 13.2 Å². The summed E-state index contributed by atoms with van der Waals surface area (Å²) in [5.74, 6) is 0.261. The van der Waals surface area contributed by atoms with Crippen molar-refractivity contribution in [2.75, 3.05) is 17.7 Å². The summed E-state index contributed by atoms with van der Waals surface area (Å²) < 4.78 is 43.4. The number of rotatable bonds is 5. The summed E-state index contributed by atoms with van der Waals surface area (Å²) in [5.41, 5.74) is 0.734. The molecule has 0 unspecified atom stereocenters. The first kappa shape index (κ1) is 19.2. The van der Waals surface area contributed by atoms with Crippen LogP contribution in [-0.2, 0) is 6.18 Å². The molecule has 1 aromatic heterocycles. The van der Waals surface area contributed by atoms with E-state index >= 15 is 0 Å². The van der Waals surface area contributed by atoms with E-state index in [0.29, 0.717) is 17.1 Å². The van der Waals surface area contributed by atoms with Crippen LogP contribution >= 0.6 is 0 Å². The van der Waals surface area contributed by atoms with Crippen molar-refractivity contribution in [1.29, 1.82) is 0 Å². The van der Waals surface area contributed by atoms with E-state index in [1.54, 1.807) is 37.4 Å². The molecule has 0 saturated heterocycles. The van der Waals surface area contributed by atoms with Crippen molar-refractivity contribution in [3.63, 3.8) is 0 Å². The summed E-state index contributed by atoms with van der Waals surface area (Å²) >= 11 is 0. The molecule has 0 spiro atoms. The number of nitrogens with zero attached hydrogens (tertiary/aromatic N) is 1. The Morgan fingerprint density at radius 3 is 2.29 bits per heavy atom. The van der Waals surface area contributed by atoms with Gasteiger partial charge >= 0.3 is 6.18 Å². The number of benzene rings is 2. The number of halogens is 3. The van der Waals surface area contributed by atoms with Crippen LogP contribution in [0.15, 0.2) is 66.9 Å². The largest absolute Gasteiger partial charge is 0.497 e. The Kier molecular flexibility index (Phi) is 5.49. The van der Waals surface area contributed by atoms with Crippen molar-refractivity contribution in [3.05, 3.63) is 78.1 Å². The molecule has 3 aromatic rings. The molecule has 0 radical (unpaired) electrons. The van der Waals surface area contributed by atoms with Crippen molar-refractivity contribution in [2.24, 2.45) is 0 Å². The van der Waals surface area contributed by atoms with E-state index in [-0.39, 0.29) is 11.4 Å². The highest BCUT2D eigenvalue weighted by Gasteiger charge is 2.30. The lowest BCUT2D eigenvalue weighted by Crippen LogP contribution is -2.13. The van der Waals surface area contributed by atoms with Gasteiger partial charge in [0.25, 0.3) is 5.91 Å². The molecule has 1 heterocycles. The number of hydrogen-bond acceptors (Lipinski definition) is 4. The molecule has 2 aromatic carbocycles. The number of pyridine rings is 1. The fourth-order valence-corrected chi connectivity index (χ4v) is 2.41. The smallest absolute Gasteiger partial charge is 0.416 e. The maximum atomic E-state index is 12.8. The van der Waals surface area contributed by atoms with E-state index < -0.39 is 17.6 Å². The molecule has 2 N–H and O–H groups in total. The molecule has 3 rings (SSSR count). The van der Waals surface area contributed by atoms with Gasteiger partial charge in [-0.05, 0) is 54.6 Å². The van der Waals surface area contributed by atoms with Gasteiger partial charge in [0.2, 0.25) is 0 Å². The van der Waals surface area contributed by atoms with Gasteiger partial charge in [0.15, 0.2) is 0 Å². The lowest BCUT2D eigenvalue weighted by Gasteiger charge is -2.11. The molecule has 1 amide bonds. The Balaban J connectivity index is 1.66. The van der Waals surface area contributed by atoms with E-state index in [1.807, 2.05) is 0 Å². The topological polar surface area (TPSA) is 63.2 Å². The lowest BCUT2D eigenvalue weighted by molar-refractivity contribution is -0.137. The van der Waals surface area contributed by atoms with Gasteiger partial charge in [-0.15, -0.1) is 0 Å². The van der Waals surface area contributed by atoms with Gasteiger partial charge in [-0.1, -0.05) is 6.07 Å². The second-order valence-electron chi connectivity index (χ2n) is 5.82. The quantitative estimate of drug-likeness (QED) is 0.639. The summed E-state index contributed by atoms with van der Waals surface area (Å²) in [5, 5.41) is 5.54. The molecule has 0 aliphatic carbocycles. The summed E-state index contributed by atoms with van der Waals surface area (Å²) in [6.07, 6.45) is -3.04. The molecule has 5 nitrogen and oxygen atoms in total. The first-order valence-corrected chi connectivity index (χ1v) is 8.21. The van der Waals surface area contributed by atoms with E-state index in [0.717, 1.165) is 12.1 Å². The number of amides is 1. The molecule has 0 saturated carbocycles. The Bertz CT molecular complexity index is 956. The SMILES string of the molecule is COc1ccc(NC(=O)c2ccc(Nc3cccc(C(F)(F)F)c3)cn2)cc1. The van der Waals surface area contributed by atoms with Crippen molar-refractivity contribution < 1.29 is 22.7 Å². The molecule has 0 aliphatic rings. The second-order valence-corrected chi connectivity index (χ2v) is 5.82. The van der Waals surface area contributed by atoms with Crippen molar-refractivity contribution >= 4 is 23.0 Å². The first-order valence-electron chi connectivity index (χ1n) is 8.21. The number of carbonyl (C=O) groups excluding carboxylic acids is 1. The zero-order valence-electron chi connectivity index (χ0n) is 14.7. The van der Waals surface area contributed by atoms with Gasteiger partial charge in [0, 0.05) is 11.4 Å². The van der Waals surface area contributed by atoms with E-state index in [9.17, 15) is 18.0 Å². The molecule has 144 valence electrons. The second kappa shape index (κ2) is 7.99. The number of methoxy groups -OCH3 is 1. The van der Waals surface area contributed by atoms with Crippen LogP contribution < -0.4 is 15.4 Å². The minimum absolute atomic E-state index is 0.172. The van der Waals surface area contributed by atoms with Crippen LogP contribution in [0, 0.1) is 0 Å². The summed E-state index contributed by atoms with van der Waals surface area (Å²) in [7, 11) is 1.55. The Labute approximate surface area is 159 Å². The van der Waals surface area contributed by atoms with Gasteiger partial charge in [-0.25, -0.2) is 4.98 Å². The first-order chi connectivity index (χ1) is 13.3. The van der Waals surface area contributed by atoms with Gasteiger partial charge in [0.1, 0.15) is 11.4 Å². The molecule has 28 heavy (non-hydrogen) atoms. The Morgan fingerprint density at radius 1 is 0.964 bits per heavy atom. The third kappa shape index (κ3) is 4.79. The third-order valence-electron chi connectivity index (χ3n) is 3.82. The predicted octanol–water partition coefficient (Wildman–Crippen LogP) is 5.10. The fraction of sp³-hybridized carbons (Fsp3) is 0.100. The van der Waals surface area contributed by atoms with Gasteiger partial charge in [-0.3, -0.25) is 4.79 Å². The van der Waals surface area contributed by atoms with Crippen LogP contribution in [0.4, 0.5) is 30.2 Å². The highest BCUT2D eigenvalue weighted by atomic mass is 19.4. The molecular formula is C20H16F3N3O2. The van der Waals surface area contributed by atoms with E-state index in [4.69, 9.17) is 4.74 Å². The minimum atomic E-state index is -4.42. The Morgan fingerprint density at radius 2 is 1.68 bits per heavy atom. The molecule has 8 heteroatoms. The molecule has 0 fully saturated rings. The fourth-order valence-electron chi connectivity index (χ4n) is 2.41. The van der Waals surface area contributed by atoms with Crippen LogP contribution in [0.2, 0.25) is 0 Å². The van der Waals surface area contributed by atoms with E-state index in [2.05, 4.69) is 15.6 Å². The maximum absolute atomic E-state index is 12.8. The average molecular weight is 387 g/mol. The standard InChI is InChI=1S/C20H16F3N3O2/c1-28-17-8-5-14(6-9-17)26-19(27)18-10-7-16(12-24-18)25-15-4-2-3-13(11-15)20(21,22)23/h2-12,25H,1H3,(H,26,27). The number of hydrogen-bond donors (Lipinski definition) is 2. The van der Waals surface area contributed by atoms with Crippen LogP contribution in [-0.4, -0.2) is 18.0 Å². The molecule has 0 atom stereocenters. The number of anilines is 3. The zero-order valence-corrected chi connectivity index (χ0v) is 14.7. The van der Waals surface area contributed by atoms with Crippen molar-refractivity contribution in [3.8, 4) is 5.75 Å². The average Bonchev–Trinajstić information content (AvgIpc) is 2.69. The normalized spacial score (nSPS) is 11.0. The third-order valence-corrected chi connectivity index (χ3v) is 3.82. The van der Waals surface area contributed by atoms with Crippen LogP contribution in [0.3, 0.4) is 0 Å². The van der Waals surface area contributed by atoms with Crippen molar-refractivity contribution in [2.45, 2.75) is 6.18 Å². The van der Waals surface area contributed by atoms with Gasteiger partial charge < -0.3 is 15.4 Å². The number of aromatic nitrogens is 1. The molecule has 0 aliphatic heterocycles. The number of carbonyl (C=O) groups is 1. The highest BCUT2D eigenvalue weighted by molar-refractivity contribution is 6.03. The Hall–Kier alpha value is -3.55. The summed E-state index contributed by atoms with van der Waals surface area (Å²) in [6, 6.07) is 14.7. The number of ether oxygens (including phenoxy) is 1. The van der Waals surface area contributed by atoms with Crippen LogP contribution in [0.1, 0.15) is 16.1 Å². The maximum Gasteiger partial charge on any atom is 0.416 e. The number of alkyl halides is 3. The minimum Gasteiger partial charge on any atom is -0.497 e. The zero-order chi connectivity index (χ0) is 20.1.